The Morgan fingerprint density at radius 3 is 2.59 bits per heavy atom. The Labute approximate surface area is 175 Å². The van der Waals surface area contributed by atoms with E-state index in [0.717, 1.165) is 12.0 Å². The van der Waals surface area contributed by atoms with Crippen molar-refractivity contribution in [3.05, 3.63) is 54.6 Å². The Kier molecular flexibility index (Phi) is 6.48. The quantitative estimate of drug-likeness (QED) is 0.643. The minimum absolute atomic E-state index is 0.0299. The molecule has 0 N–H and O–H groups in total. The topological polar surface area (TPSA) is 56.6 Å². The van der Waals surface area contributed by atoms with Gasteiger partial charge in [0.15, 0.2) is 8.32 Å². The van der Waals surface area contributed by atoms with Crippen LogP contribution in [0.3, 0.4) is 0 Å². The number of likely N-dealkylation sites (tertiary alicyclic amines) is 1. The highest BCUT2D eigenvalue weighted by molar-refractivity contribution is 6.74. The third-order valence-electron chi connectivity index (χ3n) is 6.06. The van der Waals surface area contributed by atoms with Crippen molar-refractivity contribution < 1.29 is 14.0 Å². The van der Waals surface area contributed by atoms with Crippen LogP contribution >= 0.6 is 0 Å². The molecule has 1 fully saturated rings. The first kappa shape index (κ1) is 21.6. The molecular weight excluding hydrogens is 382 g/mol. The van der Waals surface area contributed by atoms with E-state index in [1.54, 1.807) is 12.5 Å². The number of aromatic nitrogens is 2. The van der Waals surface area contributed by atoms with Crippen molar-refractivity contribution in [2.75, 3.05) is 6.54 Å². The number of imidazole rings is 1. The van der Waals surface area contributed by atoms with Gasteiger partial charge in [-0.2, -0.15) is 0 Å². The fourth-order valence-electron chi connectivity index (χ4n) is 3.39. The number of hydrogen-bond donors (Lipinski definition) is 0. The lowest BCUT2D eigenvalue weighted by molar-refractivity contribution is 0.0860. The number of ether oxygens (including phenoxy) is 1. The Bertz CT molecular complexity index is 787. The first-order chi connectivity index (χ1) is 13.7. The smallest absolute Gasteiger partial charge is 0.410 e. The minimum atomic E-state index is -1.91. The monoisotopic (exact) mass is 415 g/mol. The molecule has 2 aromatic rings. The summed E-state index contributed by atoms with van der Waals surface area (Å²) in [4.78, 5) is 18.9. The number of benzene rings is 1. The van der Waals surface area contributed by atoms with Crippen molar-refractivity contribution in [1.29, 1.82) is 0 Å². The molecule has 1 aliphatic rings. The summed E-state index contributed by atoms with van der Waals surface area (Å²) < 4.78 is 14.3. The van der Waals surface area contributed by atoms with Crippen LogP contribution in [0.25, 0.3) is 0 Å². The van der Waals surface area contributed by atoms with Gasteiger partial charge in [0.05, 0.1) is 18.5 Å². The summed E-state index contributed by atoms with van der Waals surface area (Å²) in [5.74, 6) is 0. The van der Waals surface area contributed by atoms with Crippen LogP contribution in [0.15, 0.2) is 49.1 Å². The molecule has 2 heterocycles. The Morgan fingerprint density at radius 1 is 1.24 bits per heavy atom. The maximum absolute atomic E-state index is 12.9. The third-order valence-corrected chi connectivity index (χ3v) is 10.6. The molecule has 1 aromatic heterocycles. The molecule has 0 bridgehead atoms. The van der Waals surface area contributed by atoms with Crippen LogP contribution in [0.5, 0.6) is 0 Å². The van der Waals surface area contributed by atoms with Crippen LogP contribution < -0.4 is 0 Å². The Hall–Kier alpha value is -2.12. The van der Waals surface area contributed by atoms with E-state index in [9.17, 15) is 4.79 Å². The lowest BCUT2D eigenvalue weighted by atomic mass is 10.2. The summed E-state index contributed by atoms with van der Waals surface area (Å²) in [5.41, 5.74) is 0.986. The molecule has 158 valence electrons. The molecule has 0 saturated carbocycles. The average molecular weight is 416 g/mol. The molecular formula is C22H33N3O3Si. The zero-order chi connectivity index (χ0) is 21.1. The predicted molar refractivity (Wildman–Crippen MR) is 116 cm³/mol. The molecule has 0 spiro atoms. The Balaban J connectivity index is 1.68. The first-order valence-corrected chi connectivity index (χ1v) is 13.2. The fourth-order valence-corrected chi connectivity index (χ4v) is 4.75. The van der Waals surface area contributed by atoms with E-state index in [4.69, 9.17) is 9.16 Å². The molecule has 1 aliphatic heterocycles. The highest BCUT2D eigenvalue weighted by Crippen LogP contribution is 2.39. The molecule has 3 rings (SSSR count). The number of amides is 1. The maximum Gasteiger partial charge on any atom is 0.410 e. The van der Waals surface area contributed by atoms with E-state index >= 15 is 0 Å². The molecule has 7 heteroatoms. The van der Waals surface area contributed by atoms with Gasteiger partial charge in [-0.05, 0) is 30.1 Å². The van der Waals surface area contributed by atoms with Gasteiger partial charge in [0.25, 0.3) is 0 Å². The lowest BCUT2D eigenvalue weighted by Crippen LogP contribution is -2.44. The van der Waals surface area contributed by atoms with Gasteiger partial charge in [-0.25, -0.2) is 9.78 Å². The van der Waals surface area contributed by atoms with Crippen molar-refractivity contribution in [2.24, 2.45) is 0 Å². The van der Waals surface area contributed by atoms with E-state index in [1.165, 1.54) is 0 Å². The second-order valence-corrected chi connectivity index (χ2v) is 14.1. The maximum atomic E-state index is 12.9. The molecule has 29 heavy (non-hydrogen) atoms. The van der Waals surface area contributed by atoms with Crippen LogP contribution in [0.2, 0.25) is 18.1 Å². The molecule has 0 unspecified atom stereocenters. The summed E-state index contributed by atoms with van der Waals surface area (Å²) >= 11 is 0. The summed E-state index contributed by atoms with van der Waals surface area (Å²) in [6.07, 6.45) is 6.04. The minimum Gasteiger partial charge on any atom is -0.445 e. The van der Waals surface area contributed by atoms with Gasteiger partial charge in [-0.3, -0.25) is 0 Å². The number of carbonyl (C=O) groups is 1. The van der Waals surface area contributed by atoms with Crippen molar-refractivity contribution in [2.45, 2.75) is 70.6 Å². The second kappa shape index (κ2) is 8.71. The van der Waals surface area contributed by atoms with Crippen molar-refractivity contribution >= 4 is 14.4 Å². The van der Waals surface area contributed by atoms with Crippen molar-refractivity contribution in [3.63, 3.8) is 0 Å². The molecule has 0 radical (unpaired) electrons. The Morgan fingerprint density at radius 2 is 1.97 bits per heavy atom. The summed E-state index contributed by atoms with van der Waals surface area (Å²) in [6.45, 7) is 12.8. The van der Waals surface area contributed by atoms with Gasteiger partial charge in [-0.15, -0.1) is 0 Å². The molecule has 1 aromatic carbocycles. The lowest BCUT2D eigenvalue weighted by Gasteiger charge is -2.38. The fraction of sp³-hybridized carbons (Fsp3) is 0.545. The van der Waals surface area contributed by atoms with E-state index in [2.05, 4.69) is 38.8 Å². The number of rotatable bonds is 6. The van der Waals surface area contributed by atoms with Crippen LogP contribution in [-0.4, -0.2) is 47.6 Å². The van der Waals surface area contributed by atoms with Gasteiger partial charge >= 0.3 is 6.09 Å². The van der Waals surface area contributed by atoms with E-state index < -0.39 is 8.32 Å². The third kappa shape index (κ3) is 5.48. The zero-order valence-electron chi connectivity index (χ0n) is 18.2. The SMILES string of the molecule is CC(C)(C)[Si](C)(C)O[C@@H]1C[C@@H](Cn2ccnc2)N(C(=O)OCc2ccccc2)C1. The highest BCUT2D eigenvalue weighted by Gasteiger charge is 2.44. The number of carbonyl (C=O) groups excluding carboxylic acids is 1. The number of hydrogen-bond acceptors (Lipinski definition) is 4. The van der Waals surface area contributed by atoms with E-state index in [0.29, 0.717) is 13.1 Å². The molecule has 6 nitrogen and oxygen atoms in total. The van der Waals surface area contributed by atoms with Crippen LogP contribution in [-0.2, 0) is 22.3 Å². The van der Waals surface area contributed by atoms with Crippen LogP contribution in [0.4, 0.5) is 4.79 Å². The van der Waals surface area contributed by atoms with Gasteiger partial charge in [-0.1, -0.05) is 51.1 Å². The van der Waals surface area contributed by atoms with E-state index in [-0.39, 0.29) is 29.9 Å². The molecule has 0 aliphatic carbocycles. The van der Waals surface area contributed by atoms with Crippen LogP contribution in [0, 0.1) is 0 Å². The standard InChI is InChI=1S/C22H33N3O3Si/c1-22(2,3)29(4,5)28-20-13-19(14-24-12-11-23-17-24)25(15-20)21(26)27-16-18-9-7-6-8-10-18/h6-12,17,19-20H,13-16H2,1-5H3/t19-,20+/m0/s1. The van der Waals surface area contributed by atoms with E-state index in [1.807, 2.05) is 46.0 Å². The highest BCUT2D eigenvalue weighted by atomic mass is 28.4. The predicted octanol–water partition coefficient (Wildman–Crippen LogP) is 4.68. The van der Waals surface area contributed by atoms with Crippen LogP contribution in [0.1, 0.15) is 32.8 Å². The van der Waals surface area contributed by atoms with Gasteiger partial charge in [0, 0.05) is 25.5 Å². The normalized spacial score (nSPS) is 20.1. The first-order valence-electron chi connectivity index (χ1n) is 10.3. The van der Waals surface area contributed by atoms with Crippen molar-refractivity contribution in [1.82, 2.24) is 14.5 Å². The summed E-state index contributed by atoms with van der Waals surface area (Å²) in [6, 6.07) is 9.80. The van der Waals surface area contributed by atoms with Gasteiger partial charge < -0.3 is 18.6 Å². The molecule has 1 amide bonds. The van der Waals surface area contributed by atoms with Gasteiger partial charge in [0.2, 0.25) is 0 Å². The van der Waals surface area contributed by atoms with Gasteiger partial charge in [0.1, 0.15) is 6.61 Å². The second-order valence-electron chi connectivity index (χ2n) is 9.34. The summed E-state index contributed by atoms with van der Waals surface area (Å²) in [7, 11) is -1.91. The average Bonchev–Trinajstić information content (AvgIpc) is 3.29. The largest absolute Gasteiger partial charge is 0.445 e. The summed E-state index contributed by atoms with van der Waals surface area (Å²) in [5, 5.41) is 0.133. The molecule has 2 atom stereocenters. The molecule has 1 saturated heterocycles. The number of nitrogens with zero attached hydrogens (tertiary/aromatic N) is 3. The zero-order valence-corrected chi connectivity index (χ0v) is 19.2. The van der Waals surface area contributed by atoms with Crippen molar-refractivity contribution in [3.8, 4) is 0 Å².